The lowest BCUT2D eigenvalue weighted by Crippen LogP contribution is -2.20. The van der Waals surface area contributed by atoms with Crippen molar-refractivity contribution in [3.8, 4) is 11.5 Å². The number of hydrogen-bond acceptors (Lipinski definition) is 5. The first-order valence-electron chi connectivity index (χ1n) is 9.47. The molecule has 0 atom stereocenters. The van der Waals surface area contributed by atoms with Gasteiger partial charge in [-0.25, -0.2) is 0 Å². The van der Waals surface area contributed by atoms with E-state index >= 15 is 0 Å². The van der Waals surface area contributed by atoms with Crippen LogP contribution in [0.5, 0.6) is 11.5 Å². The van der Waals surface area contributed by atoms with Gasteiger partial charge in [0, 0.05) is 37.8 Å². The van der Waals surface area contributed by atoms with Gasteiger partial charge in [0.15, 0.2) is 6.61 Å². The summed E-state index contributed by atoms with van der Waals surface area (Å²) in [5.41, 5.74) is 2.01. The van der Waals surface area contributed by atoms with Crippen LogP contribution in [0.1, 0.15) is 6.92 Å². The summed E-state index contributed by atoms with van der Waals surface area (Å²) in [4.78, 5) is 23.7. The standard InChI is InChI=1S/C22H25N3O5/c1-15(26)23-16-7-8-21(29-3)18(13-16)24-22(27)14-30-20-6-4-5-19-17(20)9-10-25(19)11-12-28-2/h4-10,13H,11-12,14H2,1-3H3,(H,23,26)(H,24,27). The molecule has 0 unspecified atom stereocenters. The van der Waals surface area contributed by atoms with E-state index < -0.39 is 0 Å². The molecule has 0 saturated carbocycles. The van der Waals surface area contributed by atoms with Crippen molar-refractivity contribution in [3.63, 3.8) is 0 Å². The molecule has 1 heterocycles. The number of amides is 2. The molecular formula is C22H25N3O5. The van der Waals surface area contributed by atoms with Gasteiger partial charge in [-0.05, 0) is 36.4 Å². The molecule has 2 amide bonds. The Bertz CT molecular complexity index is 1040. The third-order valence-corrected chi connectivity index (χ3v) is 4.46. The number of hydrogen-bond donors (Lipinski definition) is 2. The zero-order chi connectivity index (χ0) is 21.5. The Morgan fingerprint density at radius 3 is 2.60 bits per heavy atom. The third-order valence-electron chi connectivity index (χ3n) is 4.46. The second-order valence-corrected chi connectivity index (χ2v) is 6.62. The van der Waals surface area contributed by atoms with Crippen LogP contribution >= 0.6 is 0 Å². The molecule has 0 aliphatic rings. The lowest BCUT2D eigenvalue weighted by Gasteiger charge is -2.13. The predicted octanol–water partition coefficient (Wildman–Crippen LogP) is 3.27. The molecule has 3 aromatic rings. The van der Waals surface area contributed by atoms with Crippen LogP contribution in [0.2, 0.25) is 0 Å². The molecule has 0 fully saturated rings. The average Bonchev–Trinajstić information content (AvgIpc) is 3.14. The highest BCUT2D eigenvalue weighted by molar-refractivity contribution is 5.96. The van der Waals surface area contributed by atoms with E-state index in [0.29, 0.717) is 29.5 Å². The lowest BCUT2D eigenvalue weighted by atomic mass is 10.2. The molecule has 158 valence electrons. The molecule has 0 bridgehead atoms. The van der Waals surface area contributed by atoms with Crippen LogP contribution in [0, 0.1) is 0 Å². The SMILES string of the molecule is COCCn1ccc2c(OCC(=O)Nc3cc(NC(C)=O)ccc3OC)cccc21. The second kappa shape index (κ2) is 9.80. The normalized spacial score (nSPS) is 10.6. The summed E-state index contributed by atoms with van der Waals surface area (Å²) in [5, 5.41) is 6.36. The van der Waals surface area contributed by atoms with Gasteiger partial charge in [0.2, 0.25) is 5.91 Å². The van der Waals surface area contributed by atoms with Crippen LogP contribution in [0.3, 0.4) is 0 Å². The van der Waals surface area contributed by atoms with E-state index in [1.807, 2.05) is 30.5 Å². The largest absolute Gasteiger partial charge is 0.495 e. The third kappa shape index (κ3) is 5.09. The predicted molar refractivity (Wildman–Crippen MR) is 115 cm³/mol. The molecule has 0 radical (unpaired) electrons. The highest BCUT2D eigenvalue weighted by Crippen LogP contribution is 2.29. The molecular weight excluding hydrogens is 386 g/mol. The molecule has 1 aromatic heterocycles. The van der Waals surface area contributed by atoms with Gasteiger partial charge in [-0.1, -0.05) is 6.07 Å². The van der Waals surface area contributed by atoms with Gasteiger partial charge in [-0.15, -0.1) is 0 Å². The fourth-order valence-corrected chi connectivity index (χ4v) is 3.12. The minimum Gasteiger partial charge on any atom is -0.495 e. The van der Waals surface area contributed by atoms with Crippen molar-refractivity contribution < 1.29 is 23.8 Å². The lowest BCUT2D eigenvalue weighted by molar-refractivity contribution is -0.118. The molecule has 0 saturated heterocycles. The van der Waals surface area contributed by atoms with Crippen molar-refractivity contribution in [1.82, 2.24) is 4.57 Å². The van der Waals surface area contributed by atoms with Crippen molar-refractivity contribution in [1.29, 1.82) is 0 Å². The van der Waals surface area contributed by atoms with E-state index in [0.717, 1.165) is 17.4 Å². The zero-order valence-corrected chi connectivity index (χ0v) is 17.2. The number of aromatic nitrogens is 1. The van der Waals surface area contributed by atoms with Gasteiger partial charge in [-0.2, -0.15) is 0 Å². The second-order valence-electron chi connectivity index (χ2n) is 6.62. The van der Waals surface area contributed by atoms with Gasteiger partial charge in [0.1, 0.15) is 11.5 Å². The maximum Gasteiger partial charge on any atom is 0.262 e. The van der Waals surface area contributed by atoms with Crippen LogP contribution in [0.4, 0.5) is 11.4 Å². The first-order valence-corrected chi connectivity index (χ1v) is 9.47. The summed E-state index contributed by atoms with van der Waals surface area (Å²) in [5.74, 6) is 0.558. The van der Waals surface area contributed by atoms with E-state index in [9.17, 15) is 9.59 Å². The number of nitrogens with zero attached hydrogens (tertiary/aromatic N) is 1. The number of nitrogens with one attached hydrogen (secondary N) is 2. The summed E-state index contributed by atoms with van der Waals surface area (Å²) in [7, 11) is 3.17. The van der Waals surface area contributed by atoms with Crippen LogP contribution in [0.25, 0.3) is 10.9 Å². The Morgan fingerprint density at radius 1 is 1.03 bits per heavy atom. The Balaban J connectivity index is 1.69. The first kappa shape index (κ1) is 21.2. The molecule has 0 aliphatic carbocycles. The fraction of sp³-hybridized carbons (Fsp3) is 0.273. The highest BCUT2D eigenvalue weighted by atomic mass is 16.5. The van der Waals surface area contributed by atoms with Gasteiger partial charge >= 0.3 is 0 Å². The van der Waals surface area contributed by atoms with E-state index in [4.69, 9.17) is 14.2 Å². The number of carbonyl (C=O) groups is 2. The van der Waals surface area contributed by atoms with Crippen molar-refractivity contribution in [2.75, 3.05) is 38.1 Å². The molecule has 0 spiro atoms. The molecule has 8 nitrogen and oxygen atoms in total. The summed E-state index contributed by atoms with van der Waals surface area (Å²) in [6.07, 6.45) is 1.97. The number of carbonyl (C=O) groups excluding carboxylic acids is 2. The van der Waals surface area contributed by atoms with Crippen molar-refractivity contribution >= 4 is 34.1 Å². The van der Waals surface area contributed by atoms with Crippen molar-refractivity contribution in [2.45, 2.75) is 13.5 Å². The number of methoxy groups -OCH3 is 2. The van der Waals surface area contributed by atoms with Crippen LogP contribution < -0.4 is 20.1 Å². The Kier molecular flexibility index (Phi) is 6.92. The Hall–Kier alpha value is -3.52. The number of benzene rings is 2. The Labute approximate surface area is 174 Å². The molecule has 2 N–H and O–H groups in total. The molecule has 0 aliphatic heterocycles. The van der Waals surface area contributed by atoms with Crippen molar-refractivity contribution in [3.05, 3.63) is 48.7 Å². The van der Waals surface area contributed by atoms with E-state index in [1.165, 1.54) is 14.0 Å². The van der Waals surface area contributed by atoms with Crippen molar-refractivity contribution in [2.24, 2.45) is 0 Å². The summed E-state index contributed by atoms with van der Waals surface area (Å²) >= 11 is 0. The summed E-state index contributed by atoms with van der Waals surface area (Å²) < 4.78 is 18.3. The molecule has 3 rings (SSSR count). The number of fused-ring (bicyclic) bond motifs is 1. The monoisotopic (exact) mass is 411 g/mol. The maximum absolute atomic E-state index is 12.5. The number of ether oxygens (including phenoxy) is 3. The number of anilines is 2. The summed E-state index contributed by atoms with van der Waals surface area (Å²) in [6.45, 7) is 2.58. The molecule has 30 heavy (non-hydrogen) atoms. The smallest absolute Gasteiger partial charge is 0.262 e. The van der Waals surface area contributed by atoms with Gasteiger partial charge in [0.25, 0.3) is 5.91 Å². The minimum absolute atomic E-state index is 0.171. The van der Waals surface area contributed by atoms with Gasteiger partial charge in [0.05, 0.1) is 24.9 Å². The topological polar surface area (TPSA) is 90.8 Å². The van der Waals surface area contributed by atoms with Gasteiger partial charge in [-0.3, -0.25) is 9.59 Å². The summed E-state index contributed by atoms with van der Waals surface area (Å²) in [6, 6.07) is 12.7. The average molecular weight is 411 g/mol. The fourth-order valence-electron chi connectivity index (χ4n) is 3.12. The minimum atomic E-state index is -0.343. The quantitative estimate of drug-likeness (QED) is 0.564. The first-order chi connectivity index (χ1) is 14.5. The van der Waals surface area contributed by atoms with Crippen LogP contribution in [-0.4, -0.2) is 43.8 Å². The highest BCUT2D eigenvalue weighted by Gasteiger charge is 2.12. The number of rotatable bonds is 9. The molecule has 8 heteroatoms. The van der Waals surface area contributed by atoms with E-state index in [2.05, 4.69) is 15.2 Å². The Morgan fingerprint density at radius 2 is 1.87 bits per heavy atom. The van der Waals surface area contributed by atoms with E-state index in [-0.39, 0.29) is 18.4 Å². The zero-order valence-electron chi connectivity index (χ0n) is 17.2. The maximum atomic E-state index is 12.5. The van der Waals surface area contributed by atoms with Gasteiger partial charge < -0.3 is 29.4 Å². The molecule has 2 aromatic carbocycles. The van der Waals surface area contributed by atoms with Crippen LogP contribution in [-0.2, 0) is 20.9 Å². The van der Waals surface area contributed by atoms with Crippen LogP contribution in [0.15, 0.2) is 48.7 Å². The van der Waals surface area contributed by atoms with E-state index in [1.54, 1.807) is 25.3 Å².